The molecule has 146 valence electrons. The number of aromatic hydroxyl groups is 1. The number of rotatable bonds is 3. The first kappa shape index (κ1) is 18.1. The lowest BCUT2D eigenvalue weighted by Crippen LogP contribution is -2.30. The van der Waals surface area contributed by atoms with Crippen LogP contribution in [0.25, 0.3) is 21.7 Å². The number of phenols is 1. The summed E-state index contributed by atoms with van der Waals surface area (Å²) in [5, 5.41) is 13.3. The van der Waals surface area contributed by atoms with Crippen LogP contribution in [0, 0.1) is 0 Å². The number of amides is 1. The fourth-order valence-electron chi connectivity index (χ4n) is 4.41. The zero-order chi connectivity index (χ0) is 20.1. The van der Waals surface area contributed by atoms with Crippen molar-refractivity contribution in [1.82, 2.24) is 4.98 Å². The van der Waals surface area contributed by atoms with Crippen molar-refractivity contribution in [3.8, 4) is 5.75 Å². The number of carbonyl (C=O) groups excluding carboxylic acids is 1. The lowest BCUT2D eigenvalue weighted by Gasteiger charge is -2.17. The molecule has 0 radical (unpaired) electrons. The second kappa shape index (κ2) is 6.82. The van der Waals surface area contributed by atoms with Gasteiger partial charge in [-0.05, 0) is 41.1 Å². The molecule has 5 heteroatoms. The van der Waals surface area contributed by atoms with E-state index in [4.69, 9.17) is 11.6 Å². The summed E-state index contributed by atoms with van der Waals surface area (Å²) in [4.78, 5) is 18.4. The first-order chi connectivity index (χ1) is 14.1. The standard InChI is InChI=1S/C24H21ClN2O2/c1-2-14-7-8-19-15(9-14)10-20(26-19)24(29)27-13-16(12-25)23-18-6-4-3-5-17(18)22(28)11-21(23)27/h3-11,16,26,28H,2,12-13H2,1H3. The molecule has 5 rings (SSSR count). The van der Waals surface area contributed by atoms with Crippen LogP contribution in [-0.4, -0.2) is 28.4 Å². The molecule has 0 fully saturated rings. The van der Waals surface area contributed by atoms with Gasteiger partial charge in [-0.1, -0.05) is 37.3 Å². The van der Waals surface area contributed by atoms with Gasteiger partial charge in [0.05, 0.1) is 5.69 Å². The number of aryl methyl sites for hydroxylation is 1. The van der Waals surface area contributed by atoms with Crippen molar-refractivity contribution < 1.29 is 9.90 Å². The summed E-state index contributed by atoms with van der Waals surface area (Å²) in [5.41, 5.74) is 4.50. The Kier molecular flexibility index (Phi) is 4.25. The number of H-pyrrole nitrogens is 1. The van der Waals surface area contributed by atoms with Gasteiger partial charge in [0.2, 0.25) is 0 Å². The number of nitrogens with zero attached hydrogens (tertiary/aromatic N) is 1. The van der Waals surface area contributed by atoms with Gasteiger partial charge in [0.1, 0.15) is 11.4 Å². The normalized spacial score (nSPS) is 15.9. The third-order valence-corrected chi connectivity index (χ3v) is 6.27. The van der Waals surface area contributed by atoms with Gasteiger partial charge in [0, 0.05) is 40.7 Å². The van der Waals surface area contributed by atoms with E-state index in [9.17, 15) is 9.90 Å². The van der Waals surface area contributed by atoms with Gasteiger partial charge in [0.25, 0.3) is 5.91 Å². The number of aromatic nitrogens is 1. The highest BCUT2D eigenvalue weighted by molar-refractivity contribution is 6.19. The predicted octanol–water partition coefficient (Wildman–Crippen LogP) is 5.57. The van der Waals surface area contributed by atoms with E-state index in [2.05, 4.69) is 24.0 Å². The Morgan fingerprint density at radius 3 is 2.72 bits per heavy atom. The van der Waals surface area contributed by atoms with Crippen LogP contribution in [0.4, 0.5) is 5.69 Å². The summed E-state index contributed by atoms with van der Waals surface area (Å²) in [6, 6.07) is 17.5. The quantitative estimate of drug-likeness (QED) is 0.438. The van der Waals surface area contributed by atoms with E-state index in [1.807, 2.05) is 36.4 Å². The molecular weight excluding hydrogens is 384 g/mol. The third-order valence-electron chi connectivity index (χ3n) is 5.90. The van der Waals surface area contributed by atoms with E-state index in [0.29, 0.717) is 18.1 Å². The van der Waals surface area contributed by atoms with Crippen LogP contribution in [0.2, 0.25) is 0 Å². The summed E-state index contributed by atoms with van der Waals surface area (Å²) in [6.45, 7) is 2.62. The molecule has 0 aliphatic carbocycles. The maximum absolute atomic E-state index is 13.4. The topological polar surface area (TPSA) is 56.3 Å². The van der Waals surface area contributed by atoms with E-state index >= 15 is 0 Å². The highest BCUT2D eigenvalue weighted by atomic mass is 35.5. The van der Waals surface area contributed by atoms with Crippen LogP contribution in [0.3, 0.4) is 0 Å². The molecule has 1 aliphatic heterocycles. The molecule has 0 spiro atoms. The summed E-state index contributed by atoms with van der Waals surface area (Å²) < 4.78 is 0. The van der Waals surface area contributed by atoms with Gasteiger partial charge in [-0.3, -0.25) is 4.79 Å². The number of anilines is 1. The largest absolute Gasteiger partial charge is 0.507 e. The van der Waals surface area contributed by atoms with Gasteiger partial charge in [-0.2, -0.15) is 0 Å². The Labute approximate surface area is 173 Å². The minimum absolute atomic E-state index is 0.0252. The molecule has 1 aromatic heterocycles. The minimum Gasteiger partial charge on any atom is -0.507 e. The molecular formula is C24H21ClN2O2. The van der Waals surface area contributed by atoms with Crippen molar-refractivity contribution in [2.45, 2.75) is 19.3 Å². The summed E-state index contributed by atoms with van der Waals surface area (Å²) in [7, 11) is 0. The number of carbonyl (C=O) groups is 1. The Morgan fingerprint density at radius 2 is 1.97 bits per heavy atom. The minimum atomic E-state index is -0.109. The van der Waals surface area contributed by atoms with E-state index in [1.165, 1.54) is 5.56 Å². The van der Waals surface area contributed by atoms with Crippen LogP contribution in [-0.2, 0) is 6.42 Å². The Morgan fingerprint density at radius 1 is 1.17 bits per heavy atom. The molecule has 1 unspecified atom stereocenters. The first-order valence-electron chi connectivity index (χ1n) is 9.84. The summed E-state index contributed by atoms with van der Waals surface area (Å²) in [5.74, 6) is 0.509. The van der Waals surface area contributed by atoms with E-state index in [1.54, 1.807) is 11.0 Å². The average molecular weight is 405 g/mol. The highest BCUT2D eigenvalue weighted by Crippen LogP contribution is 2.45. The van der Waals surface area contributed by atoms with Crippen LogP contribution < -0.4 is 4.90 Å². The van der Waals surface area contributed by atoms with Crippen molar-refractivity contribution in [3.63, 3.8) is 0 Å². The van der Waals surface area contributed by atoms with Crippen LogP contribution in [0.5, 0.6) is 5.75 Å². The molecule has 3 aromatic carbocycles. The lowest BCUT2D eigenvalue weighted by molar-refractivity contribution is 0.0984. The molecule has 2 heterocycles. The molecule has 4 nitrogen and oxygen atoms in total. The number of aromatic amines is 1. The SMILES string of the molecule is CCc1ccc2[nH]c(C(=O)N3CC(CCl)c4c3cc(O)c3ccccc43)cc2c1. The molecule has 4 aromatic rings. The summed E-state index contributed by atoms with van der Waals surface area (Å²) >= 11 is 6.28. The molecule has 1 amide bonds. The van der Waals surface area contributed by atoms with E-state index in [0.717, 1.165) is 39.3 Å². The van der Waals surface area contributed by atoms with E-state index < -0.39 is 0 Å². The van der Waals surface area contributed by atoms with Gasteiger partial charge >= 0.3 is 0 Å². The second-order valence-electron chi connectivity index (χ2n) is 7.60. The Hall–Kier alpha value is -2.98. The van der Waals surface area contributed by atoms with E-state index in [-0.39, 0.29) is 17.6 Å². The van der Waals surface area contributed by atoms with Gasteiger partial charge in [-0.25, -0.2) is 0 Å². The molecule has 0 bridgehead atoms. The maximum Gasteiger partial charge on any atom is 0.274 e. The number of halogens is 1. The molecule has 1 atom stereocenters. The molecule has 2 N–H and O–H groups in total. The Bertz CT molecular complexity index is 1260. The van der Waals surface area contributed by atoms with Gasteiger partial charge in [0.15, 0.2) is 0 Å². The first-order valence-corrected chi connectivity index (χ1v) is 10.4. The number of alkyl halides is 1. The summed E-state index contributed by atoms with van der Waals surface area (Å²) in [6.07, 6.45) is 0.952. The van der Waals surface area contributed by atoms with Crippen molar-refractivity contribution in [2.75, 3.05) is 17.3 Å². The average Bonchev–Trinajstić information content (AvgIpc) is 3.34. The number of fused-ring (bicyclic) bond motifs is 4. The molecule has 1 aliphatic rings. The molecule has 0 saturated heterocycles. The number of hydrogen-bond donors (Lipinski definition) is 2. The molecule has 29 heavy (non-hydrogen) atoms. The van der Waals surface area contributed by atoms with Gasteiger partial charge < -0.3 is 15.0 Å². The fraction of sp³-hybridized carbons (Fsp3) is 0.208. The zero-order valence-corrected chi connectivity index (χ0v) is 16.8. The predicted molar refractivity (Wildman–Crippen MR) is 118 cm³/mol. The van der Waals surface area contributed by atoms with Crippen molar-refractivity contribution in [3.05, 3.63) is 71.4 Å². The van der Waals surface area contributed by atoms with Crippen LogP contribution in [0.15, 0.2) is 54.6 Å². The van der Waals surface area contributed by atoms with Gasteiger partial charge in [-0.15, -0.1) is 11.6 Å². The smallest absolute Gasteiger partial charge is 0.274 e. The Balaban J connectivity index is 1.62. The molecule has 0 saturated carbocycles. The second-order valence-corrected chi connectivity index (χ2v) is 7.91. The van der Waals surface area contributed by atoms with Crippen LogP contribution >= 0.6 is 11.6 Å². The van der Waals surface area contributed by atoms with Crippen LogP contribution in [0.1, 0.15) is 34.5 Å². The number of hydrogen-bond acceptors (Lipinski definition) is 2. The van der Waals surface area contributed by atoms with Crippen molar-refractivity contribution in [1.29, 1.82) is 0 Å². The van der Waals surface area contributed by atoms with Crippen molar-refractivity contribution in [2.24, 2.45) is 0 Å². The highest BCUT2D eigenvalue weighted by Gasteiger charge is 2.35. The lowest BCUT2D eigenvalue weighted by atomic mass is 9.95. The number of phenolic OH excluding ortho intramolecular Hbond substituents is 1. The fourth-order valence-corrected chi connectivity index (χ4v) is 4.66. The third kappa shape index (κ3) is 2.78. The monoisotopic (exact) mass is 404 g/mol. The van der Waals surface area contributed by atoms with Crippen molar-refractivity contribution >= 4 is 44.9 Å². The number of nitrogens with one attached hydrogen (secondary N) is 1. The number of benzene rings is 3. The maximum atomic E-state index is 13.4. The zero-order valence-electron chi connectivity index (χ0n) is 16.1.